The topological polar surface area (TPSA) is 270 Å². The van der Waals surface area contributed by atoms with E-state index in [9.17, 15) is 26.4 Å². The van der Waals surface area contributed by atoms with Crippen LogP contribution in [0.15, 0.2) is 88.9 Å². The average Bonchev–Trinajstić information content (AvgIpc) is 3.58. The zero-order valence-corrected chi connectivity index (χ0v) is 48.4. The van der Waals surface area contributed by atoms with Gasteiger partial charge in [0.1, 0.15) is 11.6 Å². The van der Waals surface area contributed by atoms with E-state index >= 15 is 0 Å². The molecule has 8 heterocycles. The highest BCUT2D eigenvalue weighted by Gasteiger charge is 2.52. The number of fused-ring (bicyclic) bond motifs is 2. The fourth-order valence-electron chi connectivity index (χ4n) is 8.09. The summed E-state index contributed by atoms with van der Waals surface area (Å²) in [6.07, 6.45) is 17.2. The number of aromatic nitrogens is 5. The molecule has 0 aliphatic carbocycles. The number of sulfone groups is 2. The Morgan fingerprint density at radius 2 is 1.05 bits per heavy atom. The van der Waals surface area contributed by atoms with Crippen molar-refractivity contribution in [1.82, 2.24) is 24.9 Å². The molecular weight excluding hydrogens is 1120 g/mol. The van der Waals surface area contributed by atoms with Gasteiger partial charge in [0.05, 0.1) is 22.7 Å². The molecule has 23 heteroatoms. The predicted octanol–water partition coefficient (Wildman–Crippen LogP) is 7.97. The molecule has 8 rings (SSSR count). The van der Waals surface area contributed by atoms with Crippen LogP contribution in [-0.2, 0) is 41.8 Å². The molecule has 5 aromatic rings. The normalized spacial score (nSPS) is 16.8. The van der Waals surface area contributed by atoms with Gasteiger partial charge in [-0.15, -0.1) is 0 Å². The maximum Gasteiger partial charge on any atom is 0.496 e. The number of halogens is 2. The second kappa shape index (κ2) is 25.8. The van der Waals surface area contributed by atoms with Crippen LogP contribution in [-0.4, -0.2) is 108 Å². The summed E-state index contributed by atoms with van der Waals surface area (Å²) in [5.41, 5.74) is 23.2. The van der Waals surface area contributed by atoms with E-state index in [-0.39, 0.29) is 52.1 Å². The molecule has 3 atom stereocenters. The number of nitrogens with two attached hydrogens (primary N) is 3. The van der Waals surface area contributed by atoms with Crippen LogP contribution in [0.25, 0.3) is 11.1 Å². The minimum atomic E-state index is -3.06. The van der Waals surface area contributed by atoms with Crippen molar-refractivity contribution in [2.45, 2.75) is 117 Å². The first-order valence-corrected chi connectivity index (χ1v) is 29.7. The summed E-state index contributed by atoms with van der Waals surface area (Å²) >= 11 is 6.63. The van der Waals surface area contributed by atoms with E-state index in [1.54, 1.807) is 63.4 Å². The number of hydrogen-bond donors (Lipinski definition) is 3. The number of amides is 4. The molecule has 18 nitrogen and oxygen atoms in total. The number of carbonyl (C=O) groups is 2. The van der Waals surface area contributed by atoms with Gasteiger partial charge in [-0.25, -0.2) is 36.4 Å². The number of primary amides is 2. The van der Waals surface area contributed by atoms with E-state index < -0.39 is 38.9 Å². The molecule has 0 bridgehead atoms. The Morgan fingerprint density at radius 3 is 1.50 bits per heavy atom. The lowest BCUT2D eigenvalue weighted by atomic mass is 9.79. The van der Waals surface area contributed by atoms with Crippen molar-refractivity contribution in [3.63, 3.8) is 0 Å². The monoisotopic (exact) mass is 1180 g/mol. The second-order valence-electron chi connectivity index (χ2n) is 19.6. The Kier molecular flexibility index (Phi) is 20.9. The standard InChI is InChI=1S/C19H24N4O3S.C15H22BN3O3.C10H14BrNO2S.C7H9BrN2/c1-3-27(25,26)12-13(2)15-8-16(10-21-9-15)17-7-14-5-4-6-23(19(20)24)18(14)22-11-17;1-14(2)15(3,4)22-16(21-14)11-8-10-6-5-7-19(13(17)20)12(10)18-9-11;1-3-15(13,14)7-8(2)9-4-10(11)6-12-5-9;1-5(9)6-2-7(8)4-10-3-6/h7-11,13H,3-6,12H2,1-2H3,(H2,20,24);8-9H,5-7H2,1-4H3,(H2,17,20);4-6,8H,3,7H2,1-2H3;2-5H,9H2,1H3/t13-;;8-;5-/m0.01/s1. The van der Waals surface area contributed by atoms with E-state index in [1.807, 2.05) is 78.8 Å². The molecule has 3 aliphatic heterocycles. The van der Waals surface area contributed by atoms with Gasteiger partial charge in [-0.3, -0.25) is 24.8 Å². The maximum atomic E-state index is 11.9. The van der Waals surface area contributed by atoms with Crippen LogP contribution in [0.3, 0.4) is 0 Å². The van der Waals surface area contributed by atoms with Gasteiger partial charge in [0.25, 0.3) is 0 Å². The number of anilines is 2. The first kappa shape index (κ1) is 60.0. The molecule has 1 saturated heterocycles. The number of hydrogen-bond acceptors (Lipinski definition) is 14. The lowest BCUT2D eigenvalue weighted by Gasteiger charge is -2.32. The van der Waals surface area contributed by atoms with Gasteiger partial charge in [-0.2, -0.15) is 0 Å². The molecule has 6 N–H and O–H groups in total. The first-order chi connectivity index (χ1) is 34.7. The molecular formula is C51H69BBr2N10O8S2. The molecule has 0 radical (unpaired) electrons. The fraction of sp³-hybridized carbons (Fsp3) is 0.471. The van der Waals surface area contributed by atoms with Crippen molar-refractivity contribution in [1.29, 1.82) is 0 Å². The molecule has 4 amide bonds. The highest BCUT2D eigenvalue weighted by Crippen LogP contribution is 2.37. The summed E-state index contributed by atoms with van der Waals surface area (Å²) in [7, 11) is -6.42. The van der Waals surface area contributed by atoms with Gasteiger partial charge in [-0.1, -0.05) is 33.8 Å². The molecule has 1 fully saturated rings. The van der Waals surface area contributed by atoms with Crippen LogP contribution in [0.1, 0.15) is 121 Å². The average molecular weight is 1180 g/mol. The Morgan fingerprint density at radius 1 is 0.635 bits per heavy atom. The van der Waals surface area contributed by atoms with Crippen molar-refractivity contribution in [2.24, 2.45) is 17.2 Å². The highest BCUT2D eigenvalue weighted by molar-refractivity contribution is 9.10. The maximum absolute atomic E-state index is 11.9. The number of aryl methyl sites for hydroxylation is 2. The quantitative estimate of drug-likeness (QED) is 0.106. The van der Waals surface area contributed by atoms with Crippen LogP contribution in [0.5, 0.6) is 0 Å². The zero-order valence-electron chi connectivity index (χ0n) is 43.6. The lowest BCUT2D eigenvalue weighted by molar-refractivity contribution is 0.00578. The van der Waals surface area contributed by atoms with Crippen molar-refractivity contribution in [3.8, 4) is 11.1 Å². The number of nitrogens with zero attached hydrogens (tertiary/aromatic N) is 7. The summed E-state index contributed by atoms with van der Waals surface area (Å²) in [6, 6.07) is 8.96. The number of carbonyl (C=O) groups excluding carboxylic acids is 2. The Bertz CT molecular complexity index is 2970. The van der Waals surface area contributed by atoms with Crippen molar-refractivity contribution in [3.05, 3.63) is 117 Å². The molecule has 0 spiro atoms. The summed E-state index contributed by atoms with van der Waals surface area (Å²) in [5, 5.41) is 0. The van der Waals surface area contributed by atoms with Gasteiger partial charge in [-0.05, 0) is 156 Å². The Labute approximate surface area is 453 Å². The van der Waals surface area contributed by atoms with Gasteiger partial charge >= 0.3 is 19.2 Å². The summed E-state index contributed by atoms with van der Waals surface area (Å²) in [5.74, 6) is 1.72. The zero-order chi connectivity index (χ0) is 54.8. The first-order valence-electron chi connectivity index (χ1n) is 24.5. The summed E-state index contributed by atoms with van der Waals surface area (Å²) in [4.78, 5) is 47.2. The number of rotatable bonds is 11. The third-order valence-electron chi connectivity index (χ3n) is 13.2. The Balaban J connectivity index is 0.000000194. The minimum absolute atomic E-state index is 0.0139. The largest absolute Gasteiger partial charge is 0.496 e. The third kappa shape index (κ3) is 16.3. The van der Waals surface area contributed by atoms with Gasteiger partial charge in [0, 0.05) is 106 Å². The molecule has 74 heavy (non-hydrogen) atoms. The fourth-order valence-corrected chi connectivity index (χ4v) is 11.2. The van der Waals surface area contributed by atoms with Gasteiger partial charge in [0.2, 0.25) is 0 Å². The smallest absolute Gasteiger partial charge is 0.399 e. The van der Waals surface area contributed by atoms with Crippen molar-refractivity contribution >= 4 is 87.8 Å². The predicted molar refractivity (Wildman–Crippen MR) is 300 cm³/mol. The molecule has 0 aromatic carbocycles. The number of pyridine rings is 5. The molecule has 3 aliphatic rings. The van der Waals surface area contributed by atoms with Crippen LogP contribution in [0.4, 0.5) is 21.2 Å². The molecule has 0 saturated carbocycles. The van der Waals surface area contributed by atoms with E-state index in [0.717, 1.165) is 79.0 Å². The number of urea groups is 2. The SMILES string of the molecule is CC1(C)OB(c2cnc3c(c2)CCCN3C(N)=O)OC1(C)C.CCS(=O)(=O)C[C@H](C)c1cncc(-c2cnc3c(c2)CCCN3C(N)=O)c1.CCS(=O)(=O)C[C@H](C)c1cncc(Br)c1.C[C@@H](N)c1cncc(Br)c1. The molecule has 5 aromatic heterocycles. The van der Waals surface area contributed by atoms with Crippen LogP contribution in [0, 0.1) is 0 Å². The van der Waals surface area contributed by atoms with Crippen LogP contribution < -0.4 is 32.5 Å². The summed E-state index contributed by atoms with van der Waals surface area (Å²) < 4.78 is 60.6. The highest BCUT2D eigenvalue weighted by atomic mass is 79.9. The lowest BCUT2D eigenvalue weighted by Crippen LogP contribution is -2.41. The molecule has 400 valence electrons. The van der Waals surface area contributed by atoms with Crippen molar-refractivity contribution in [2.75, 3.05) is 45.9 Å². The minimum Gasteiger partial charge on any atom is -0.399 e. The second-order valence-corrected chi connectivity index (χ2v) is 26.2. The van der Waals surface area contributed by atoms with Gasteiger partial charge < -0.3 is 26.5 Å². The van der Waals surface area contributed by atoms with Crippen LogP contribution in [0.2, 0.25) is 0 Å². The van der Waals surface area contributed by atoms with E-state index in [4.69, 9.17) is 26.5 Å². The van der Waals surface area contributed by atoms with E-state index in [1.165, 1.54) is 9.80 Å². The van der Waals surface area contributed by atoms with E-state index in [0.29, 0.717) is 24.7 Å². The van der Waals surface area contributed by atoms with Crippen molar-refractivity contribution < 1.29 is 35.7 Å². The molecule has 0 unspecified atom stereocenters. The van der Waals surface area contributed by atoms with Gasteiger partial charge in [0.15, 0.2) is 19.7 Å². The van der Waals surface area contributed by atoms with E-state index in [2.05, 4.69) is 56.8 Å². The summed E-state index contributed by atoms with van der Waals surface area (Å²) in [6.45, 7) is 18.3. The third-order valence-corrected chi connectivity index (χ3v) is 17.9. The van der Waals surface area contributed by atoms with Crippen LogP contribution >= 0.6 is 31.9 Å². The Hall–Kier alpha value is -4.91.